The third-order valence-corrected chi connectivity index (χ3v) is 2.56. The second kappa shape index (κ2) is 4.99. The number of carbonyl (C=O) groups is 3. The minimum Gasteiger partial charge on any atom is -0.467 e. The van der Waals surface area contributed by atoms with Crippen LogP contribution in [-0.2, 0) is 14.3 Å². The van der Waals surface area contributed by atoms with E-state index in [-0.39, 0.29) is 0 Å². The SMILES string of the molecule is CC(C)(C)OC(=O)CN1C(=O)NC(c2ccco2)C1=O. The zero-order chi connectivity index (χ0) is 14.9. The van der Waals surface area contributed by atoms with E-state index in [9.17, 15) is 14.4 Å². The first-order valence-electron chi connectivity index (χ1n) is 6.15. The maximum absolute atomic E-state index is 12.1. The number of carbonyl (C=O) groups excluding carboxylic acids is 3. The van der Waals surface area contributed by atoms with E-state index in [0.29, 0.717) is 5.76 Å². The van der Waals surface area contributed by atoms with Crippen LogP contribution in [-0.4, -0.2) is 35.0 Å². The van der Waals surface area contributed by atoms with Gasteiger partial charge in [-0.25, -0.2) is 4.79 Å². The molecule has 108 valence electrons. The predicted molar refractivity (Wildman–Crippen MR) is 67.5 cm³/mol. The second-order valence-electron chi connectivity index (χ2n) is 5.41. The molecule has 1 unspecified atom stereocenters. The number of nitrogens with one attached hydrogen (secondary N) is 1. The number of nitrogens with zero attached hydrogens (tertiary/aromatic N) is 1. The molecule has 7 heteroatoms. The van der Waals surface area contributed by atoms with Gasteiger partial charge in [-0.3, -0.25) is 14.5 Å². The van der Waals surface area contributed by atoms with Crippen LogP contribution in [0.25, 0.3) is 0 Å². The Bertz CT molecular complexity index is 529. The van der Waals surface area contributed by atoms with Gasteiger partial charge >= 0.3 is 12.0 Å². The summed E-state index contributed by atoms with van der Waals surface area (Å²) in [6, 6.07) is 1.67. The van der Waals surface area contributed by atoms with Crippen LogP contribution in [0.3, 0.4) is 0 Å². The number of hydrogen-bond acceptors (Lipinski definition) is 5. The Morgan fingerprint density at radius 2 is 2.15 bits per heavy atom. The molecule has 2 rings (SSSR count). The maximum Gasteiger partial charge on any atom is 0.326 e. The number of rotatable bonds is 3. The number of esters is 1. The molecule has 0 spiro atoms. The first-order chi connectivity index (χ1) is 9.28. The summed E-state index contributed by atoms with van der Waals surface area (Å²) in [5.41, 5.74) is -0.670. The maximum atomic E-state index is 12.1. The van der Waals surface area contributed by atoms with Crippen LogP contribution < -0.4 is 5.32 Å². The molecule has 1 aliphatic rings. The molecule has 0 saturated carbocycles. The average molecular weight is 280 g/mol. The molecule has 0 aromatic carbocycles. The predicted octanol–water partition coefficient (Wildman–Crippen LogP) is 1.21. The van der Waals surface area contributed by atoms with Crippen molar-refractivity contribution in [1.29, 1.82) is 0 Å². The highest BCUT2D eigenvalue weighted by molar-refractivity contribution is 6.06. The standard InChI is InChI=1S/C13H16N2O5/c1-13(2,3)20-9(16)7-15-11(17)10(14-12(15)18)8-5-4-6-19-8/h4-6,10H,7H2,1-3H3,(H,14,18). The Labute approximate surface area is 115 Å². The van der Waals surface area contributed by atoms with Crippen molar-refractivity contribution in [2.24, 2.45) is 0 Å². The number of hydrogen-bond donors (Lipinski definition) is 1. The van der Waals surface area contributed by atoms with Gasteiger partial charge in [-0.2, -0.15) is 0 Å². The van der Waals surface area contributed by atoms with Crippen molar-refractivity contribution in [1.82, 2.24) is 10.2 Å². The Kier molecular flexibility index (Phi) is 3.52. The number of urea groups is 1. The Balaban J connectivity index is 2.05. The lowest BCUT2D eigenvalue weighted by molar-refractivity contribution is -0.157. The topological polar surface area (TPSA) is 88.8 Å². The summed E-state index contributed by atoms with van der Waals surface area (Å²) in [5.74, 6) is -0.841. The first kappa shape index (κ1) is 14.1. The van der Waals surface area contributed by atoms with E-state index in [1.54, 1.807) is 32.9 Å². The van der Waals surface area contributed by atoms with Crippen LogP contribution >= 0.6 is 0 Å². The summed E-state index contributed by atoms with van der Waals surface area (Å²) in [5, 5.41) is 2.46. The molecule has 0 radical (unpaired) electrons. The van der Waals surface area contributed by atoms with Gasteiger partial charge in [0, 0.05) is 0 Å². The summed E-state index contributed by atoms with van der Waals surface area (Å²) < 4.78 is 10.2. The average Bonchev–Trinajstić information content (AvgIpc) is 2.90. The zero-order valence-electron chi connectivity index (χ0n) is 11.5. The lowest BCUT2D eigenvalue weighted by atomic mass is 10.2. The number of furan rings is 1. The lowest BCUT2D eigenvalue weighted by Gasteiger charge is -2.21. The molecule has 1 aromatic rings. The van der Waals surface area contributed by atoms with Gasteiger partial charge in [-0.05, 0) is 32.9 Å². The Morgan fingerprint density at radius 1 is 1.45 bits per heavy atom. The third kappa shape index (κ3) is 2.98. The van der Waals surface area contributed by atoms with Crippen molar-refractivity contribution in [2.45, 2.75) is 32.4 Å². The molecule has 0 bridgehead atoms. The monoisotopic (exact) mass is 280 g/mol. The van der Waals surface area contributed by atoms with E-state index < -0.39 is 36.1 Å². The van der Waals surface area contributed by atoms with Crippen molar-refractivity contribution in [3.63, 3.8) is 0 Å². The van der Waals surface area contributed by atoms with Crippen molar-refractivity contribution in [2.75, 3.05) is 6.54 Å². The molecular formula is C13H16N2O5. The summed E-state index contributed by atoms with van der Waals surface area (Å²) in [7, 11) is 0. The van der Waals surface area contributed by atoms with Crippen LogP contribution in [0, 0.1) is 0 Å². The van der Waals surface area contributed by atoms with Crippen LogP contribution in [0.1, 0.15) is 32.6 Å². The normalized spacial score (nSPS) is 19.1. The molecule has 1 fully saturated rings. The molecule has 1 aromatic heterocycles. The largest absolute Gasteiger partial charge is 0.467 e. The zero-order valence-corrected chi connectivity index (χ0v) is 11.5. The van der Waals surface area contributed by atoms with Crippen LogP contribution in [0.2, 0.25) is 0 Å². The van der Waals surface area contributed by atoms with Crippen LogP contribution in [0.5, 0.6) is 0 Å². The van der Waals surface area contributed by atoms with E-state index in [0.717, 1.165) is 4.90 Å². The van der Waals surface area contributed by atoms with Gasteiger partial charge < -0.3 is 14.5 Å². The molecule has 20 heavy (non-hydrogen) atoms. The molecule has 7 nitrogen and oxygen atoms in total. The third-order valence-electron chi connectivity index (χ3n) is 2.56. The second-order valence-corrected chi connectivity index (χ2v) is 5.41. The summed E-state index contributed by atoms with van der Waals surface area (Å²) in [4.78, 5) is 36.3. The highest BCUT2D eigenvalue weighted by Crippen LogP contribution is 2.22. The summed E-state index contributed by atoms with van der Waals surface area (Å²) in [6.45, 7) is 4.71. The van der Waals surface area contributed by atoms with Gasteiger partial charge in [0.05, 0.1) is 6.26 Å². The van der Waals surface area contributed by atoms with E-state index in [1.807, 2.05) is 0 Å². The quantitative estimate of drug-likeness (QED) is 0.664. The minimum atomic E-state index is -0.889. The molecule has 0 aliphatic carbocycles. The first-order valence-corrected chi connectivity index (χ1v) is 6.15. The highest BCUT2D eigenvalue weighted by atomic mass is 16.6. The van der Waals surface area contributed by atoms with E-state index >= 15 is 0 Å². The lowest BCUT2D eigenvalue weighted by Crippen LogP contribution is -2.38. The van der Waals surface area contributed by atoms with E-state index in [4.69, 9.17) is 9.15 Å². The van der Waals surface area contributed by atoms with Crippen molar-refractivity contribution in [3.8, 4) is 0 Å². The fourth-order valence-electron chi connectivity index (χ4n) is 1.82. The Hall–Kier alpha value is -2.31. The fraction of sp³-hybridized carbons (Fsp3) is 0.462. The van der Waals surface area contributed by atoms with Gasteiger partial charge in [-0.1, -0.05) is 0 Å². The van der Waals surface area contributed by atoms with E-state index in [2.05, 4.69) is 5.32 Å². The molecule has 1 saturated heterocycles. The number of ether oxygens (including phenoxy) is 1. The fourth-order valence-corrected chi connectivity index (χ4v) is 1.82. The van der Waals surface area contributed by atoms with Crippen LogP contribution in [0.4, 0.5) is 4.79 Å². The summed E-state index contributed by atoms with van der Waals surface area (Å²) >= 11 is 0. The van der Waals surface area contributed by atoms with Crippen molar-refractivity contribution in [3.05, 3.63) is 24.2 Å². The van der Waals surface area contributed by atoms with Gasteiger partial charge in [0.15, 0.2) is 6.04 Å². The summed E-state index contributed by atoms with van der Waals surface area (Å²) in [6.07, 6.45) is 1.41. The highest BCUT2D eigenvalue weighted by Gasteiger charge is 2.41. The Morgan fingerprint density at radius 3 is 2.70 bits per heavy atom. The molecule has 3 amide bonds. The van der Waals surface area contributed by atoms with Crippen molar-refractivity contribution < 1.29 is 23.5 Å². The van der Waals surface area contributed by atoms with Crippen LogP contribution in [0.15, 0.2) is 22.8 Å². The molecule has 1 atom stereocenters. The number of amides is 3. The van der Waals surface area contributed by atoms with Gasteiger partial charge in [0.25, 0.3) is 5.91 Å². The van der Waals surface area contributed by atoms with Gasteiger partial charge in [0.1, 0.15) is 17.9 Å². The van der Waals surface area contributed by atoms with Gasteiger partial charge in [0.2, 0.25) is 0 Å². The van der Waals surface area contributed by atoms with E-state index in [1.165, 1.54) is 6.26 Å². The van der Waals surface area contributed by atoms with Crippen molar-refractivity contribution >= 4 is 17.9 Å². The number of imide groups is 1. The molecule has 2 heterocycles. The van der Waals surface area contributed by atoms with Gasteiger partial charge in [-0.15, -0.1) is 0 Å². The minimum absolute atomic E-state index is 0.329. The molecule has 1 aliphatic heterocycles. The molecule has 1 N–H and O–H groups in total. The molecular weight excluding hydrogens is 264 g/mol. The smallest absolute Gasteiger partial charge is 0.326 e.